The van der Waals surface area contributed by atoms with E-state index in [-0.39, 0.29) is 0 Å². The van der Waals surface area contributed by atoms with Gasteiger partial charge in [0, 0.05) is 12.6 Å². The van der Waals surface area contributed by atoms with Crippen LogP contribution in [0.5, 0.6) is 0 Å². The molecule has 0 amide bonds. The minimum atomic E-state index is -2.77. The molecule has 0 aromatic carbocycles. The fourth-order valence-corrected chi connectivity index (χ4v) is 4.29. The molecule has 0 saturated carbocycles. The predicted octanol–water partition coefficient (Wildman–Crippen LogP) is 2.01. The summed E-state index contributed by atoms with van der Waals surface area (Å²) in [4.78, 5) is 4.48. The van der Waals surface area contributed by atoms with Gasteiger partial charge >= 0.3 is 0 Å². The van der Waals surface area contributed by atoms with Crippen LogP contribution in [0.1, 0.15) is 24.2 Å². The zero-order valence-electron chi connectivity index (χ0n) is 11.0. The van der Waals surface area contributed by atoms with Gasteiger partial charge in [-0.05, 0) is 37.3 Å². The topological polar surface area (TPSA) is 51.4 Å². The number of sulfone groups is 1. The molecule has 0 spiro atoms. The van der Waals surface area contributed by atoms with E-state index in [1.54, 1.807) is 0 Å². The summed E-state index contributed by atoms with van der Waals surface area (Å²) in [6.45, 7) is 2.07. The zero-order chi connectivity index (χ0) is 13.5. The van der Waals surface area contributed by atoms with E-state index in [1.165, 1.54) is 5.56 Å². The summed E-state index contributed by atoms with van der Waals surface area (Å²) in [6.07, 6.45) is 6.38. The lowest BCUT2D eigenvalue weighted by Gasteiger charge is -2.21. The van der Waals surface area contributed by atoms with Crippen LogP contribution in [-0.2, 0) is 16.3 Å². The highest BCUT2D eigenvalue weighted by atomic mass is 32.2. The Labute approximate surface area is 113 Å². The molecule has 0 N–H and O–H groups in total. The van der Waals surface area contributed by atoms with Crippen molar-refractivity contribution < 1.29 is 8.42 Å². The van der Waals surface area contributed by atoms with Crippen LogP contribution in [0.2, 0.25) is 0 Å². The van der Waals surface area contributed by atoms with Crippen LogP contribution in [0, 0.1) is 12.8 Å². The minimum absolute atomic E-state index is 0.333. The molecule has 3 rings (SSSR count). The van der Waals surface area contributed by atoms with Gasteiger partial charge in [-0.1, -0.05) is 6.07 Å². The maximum Gasteiger partial charge on any atom is 0.150 e. The van der Waals surface area contributed by atoms with Crippen molar-refractivity contribution in [1.82, 2.24) is 9.38 Å². The van der Waals surface area contributed by atoms with E-state index in [1.807, 2.05) is 6.20 Å². The molecule has 4 nitrogen and oxygen atoms in total. The molecule has 0 radical (unpaired) electrons. The molecule has 5 heteroatoms. The Morgan fingerprint density at radius 3 is 2.79 bits per heavy atom. The number of hydrogen-bond donors (Lipinski definition) is 0. The number of fused-ring (bicyclic) bond motifs is 1. The van der Waals surface area contributed by atoms with E-state index in [0.717, 1.165) is 30.6 Å². The molecule has 0 atom stereocenters. The lowest BCUT2D eigenvalue weighted by Crippen LogP contribution is -2.25. The average Bonchev–Trinajstić information content (AvgIpc) is 2.75. The van der Waals surface area contributed by atoms with Crippen LogP contribution in [0.4, 0.5) is 0 Å². The van der Waals surface area contributed by atoms with Crippen molar-refractivity contribution in [2.75, 3.05) is 11.5 Å². The summed E-state index contributed by atoms with van der Waals surface area (Å²) in [7, 11) is -2.77. The van der Waals surface area contributed by atoms with Gasteiger partial charge in [0.1, 0.15) is 15.7 Å². The molecule has 102 valence electrons. The Morgan fingerprint density at radius 2 is 2.05 bits per heavy atom. The molecule has 2 aromatic heterocycles. The van der Waals surface area contributed by atoms with Gasteiger partial charge in [0.15, 0.2) is 0 Å². The fraction of sp³-hybridized carbons (Fsp3) is 0.500. The number of nitrogens with zero attached hydrogens (tertiary/aromatic N) is 2. The molecule has 1 saturated heterocycles. The first-order valence-electron chi connectivity index (χ1n) is 6.66. The summed E-state index contributed by atoms with van der Waals surface area (Å²) >= 11 is 0. The summed E-state index contributed by atoms with van der Waals surface area (Å²) in [6, 6.07) is 4.14. The van der Waals surface area contributed by atoms with Crippen LogP contribution in [0.25, 0.3) is 5.52 Å². The fourth-order valence-electron chi connectivity index (χ4n) is 2.70. The Balaban J connectivity index is 1.80. The predicted molar refractivity (Wildman–Crippen MR) is 75.0 cm³/mol. The minimum Gasteiger partial charge on any atom is -0.303 e. The van der Waals surface area contributed by atoms with Gasteiger partial charge in [0.05, 0.1) is 23.2 Å². The van der Waals surface area contributed by atoms with Gasteiger partial charge in [-0.25, -0.2) is 13.4 Å². The normalized spacial score (nSPS) is 19.8. The SMILES string of the molecule is Cc1ccc2cnc(CC3CCS(=O)(=O)CC3)n2c1. The number of imidazole rings is 1. The highest BCUT2D eigenvalue weighted by Gasteiger charge is 2.24. The maximum absolute atomic E-state index is 11.4. The molecule has 1 aliphatic rings. The highest BCUT2D eigenvalue weighted by Crippen LogP contribution is 2.23. The molecule has 2 aromatic rings. The van der Waals surface area contributed by atoms with Crippen LogP contribution < -0.4 is 0 Å². The second kappa shape index (κ2) is 4.63. The van der Waals surface area contributed by atoms with E-state index in [9.17, 15) is 8.42 Å². The molecular weight excluding hydrogens is 260 g/mol. The van der Waals surface area contributed by atoms with Crippen molar-refractivity contribution in [2.45, 2.75) is 26.2 Å². The number of pyridine rings is 1. The van der Waals surface area contributed by atoms with Crippen LogP contribution >= 0.6 is 0 Å². The molecule has 0 bridgehead atoms. The first-order chi connectivity index (χ1) is 9.03. The highest BCUT2D eigenvalue weighted by molar-refractivity contribution is 7.91. The summed E-state index contributed by atoms with van der Waals surface area (Å²) in [5.74, 6) is 2.15. The van der Waals surface area contributed by atoms with Gasteiger partial charge in [-0.2, -0.15) is 0 Å². The Hall–Kier alpha value is -1.36. The molecule has 1 fully saturated rings. The van der Waals surface area contributed by atoms with Crippen molar-refractivity contribution in [1.29, 1.82) is 0 Å². The van der Waals surface area contributed by atoms with Gasteiger partial charge < -0.3 is 4.40 Å². The molecule has 0 unspecified atom stereocenters. The van der Waals surface area contributed by atoms with E-state index >= 15 is 0 Å². The van der Waals surface area contributed by atoms with Crippen LogP contribution in [0.3, 0.4) is 0 Å². The lowest BCUT2D eigenvalue weighted by atomic mass is 9.98. The first kappa shape index (κ1) is 12.7. The van der Waals surface area contributed by atoms with E-state index in [2.05, 4.69) is 34.6 Å². The molecule has 0 aliphatic carbocycles. The largest absolute Gasteiger partial charge is 0.303 e. The third-order valence-corrected chi connectivity index (χ3v) is 5.61. The second-order valence-electron chi connectivity index (χ2n) is 5.48. The summed E-state index contributed by atoms with van der Waals surface area (Å²) in [5, 5.41) is 0. The molecule has 19 heavy (non-hydrogen) atoms. The monoisotopic (exact) mass is 278 g/mol. The molecule has 1 aliphatic heterocycles. The van der Waals surface area contributed by atoms with Gasteiger partial charge in [0.25, 0.3) is 0 Å². The quantitative estimate of drug-likeness (QED) is 0.844. The number of aromatic nitrogens is 2. The van der Waals surface area contributed by atoms with Crippen molar-refractivity contribution in [3.05, 3.63) is 35.9 Å². The van der Waals surface area contributed by atoms with Gasteiger partial charge in [0.2, 0.25) is 0 Å². The Bertz CT molecular complexity index is 689. The van der Waals surface area contributed by atoms with Gasteiger partial charge in [-0.15, -0.1) is 0 Å². The Kier molecular flexibility index (Phi) is 3.09. The van der Waals surface area contributed by atoms with Crippen LogP contribution in [0.15, 0.2) is 24.5 Å². The molecular formula is C14H18N2O2S. The number of aryl methyl sites for hydroxylation is 1. The average molecular weight is 278 g/mol. The van der Waals surface area contributed by atoms with Crippen molar-refractivity contribution >= 4 is 15.4 Å². The smallest absolute Gasteiger partial charge is 0.150 e. The first-order valence-corrected chi connectivity index (χ1v) is 8.49. The van der Waals surface area contributed by atoms with Crippen molar-refractivity contribution in [2.24, 2.45) is 5.92 Å². The third kappa shape index (κ3) is 2.66. The van der Waals surface area contributed by atoms with Crippen molar-refractivity contribution in [3.63, 3.8) is 0 Å². The van der Waals surface area contributed by atoms with Crippen molar-refractivity contribution in [3.8, 4) is 0 Å². The summed E-state index contributed by atoms with van der Waals surface area (Å²) < 4.78 is 25.0. The second-order valence-corrected chi connectivity index (χ2v) is 7.78. The standard InChI is InChI=1S/C14H18N2O2S/c1-11-2-3-13-9-15-14(16(13)10-11)8-12-4-6-19(17,18)7-5-12/h2-3,9-10,12H,4-8H2,1H3. The van der Waals surface area contributed by atoms with E-state index < -0.39 is 9.84 Å². The van der Waals surface area contributed by atoms with E-state index in [0.29, 0.717) is 17.4 Å². The third-order valence-electron chi connectivity index (χ3n) is 3.90. The summed E-state index contributed by atoms with van der Waals surface area (Å²) in [5.41, 5.74) is 2.31. The maximum atomic E-state index is 11.4. The van der Waals surface area contributed by atoms with Crippen LogP contribution in [-0.4, -0.2) is 29.3 Å². The number of rotatable bonds is 2. The molecule has 3 heterocycles. The Morgan fingerprint density at radius 1 is 1.32 bits per heavy atom. The lowest BCUT2D eigenvalue weighted by molar-refractivity contribution is 0.453. The van der Waals surface area contributed by atoms with Gasteiger partial charge in [-0.3, -0.25) is 0 Å². The zero-order valence-corrected chi connectivity index (χ0v) is 11.9. The van der Waals surface area contributed by atoms with E-state index in [4.69, 9.17) is 0 Å². The number of hydrogen-bond acceptors (Lipinski definition) is 3.